The summed E-state index contributed by atoms with van der Waals surface area (Å²) in [4.78, 5) is 0. The van der Waals surface area contributed by atoms with Crippen LogP contribution in [0.5, 0.6) is 0 Å². The number of hydrogen-bond donors (Lipinski definition) is 0. The van der Waals surface area contributed by atoms with Gasteiger partial charge in [0.1, 0.15) is 24.4 Å². The lowest BCUT2D eigenvalue weighted by atomic mass is 10.0. The molecule has 0 spiro atoms. The van der Waals surface area contributed by atoms with Gasteiger partial charge in [-0.05, 0) is 27.7 Å². The minimum absolute atomic E-state index is 0.0509. The second-order valence-electron chi connectivity index (χ2n) is 7.26. The highest BCUT2D eigenvalue weighted by molar-refractivity contribution is 7.86. The lowest BCUT2D eigenvalue weighted by Gasteiger charge is -2.42. The van der Waals surface area contributed by atoms with Crippen LogP contribution >= 0.6 is 0 Å². The third kappa shape index (κ3) is 6.37. The standard InChI is InChI=1S/C14H26O10S2/c1-13(2)19-7-10(24-26(6,17)18)12(22-13)11-9(8-20-25(5,15)16)21-14(3,4)23-11/h9-12H,7-8H2,1-6H3/t9-,10-,11-,12-/m1/s1. The van der Waals surface area contributed by atoms with Crippen molar-refractivity contribution in [1.82, 2.24) is 0 Å². The number of ether oxygens (including phenoxy) is 4. The Morgan fingerprint density at radius 2 is 1.46 bits per heavy atom. The average Bonchev–Trinajstić information content (AvgIpc) is 2.71. The smallest absolute Gasteiger partial charge is 0.264 e. The Morgan fingerprint density at radius 1 is 0.885 bits per heavy atom. The largest absolute Gasteiger partial charge is 0.348 e. The van der Waals surface area contributed by atoms with Crippen LogP contribution in [-0.2, 0) is 47.5 Å². The van der Waals surface area contributed by atoms with Crippen LogP contribution in [0.25, 0.3) is 0 Å². The molecule has 2 rings (SSSR count). The fraction of sp³-hybridized carbons (Fsp3) is 1.00. The first kappa shape index (κ1) is 22.0. The van der Waals surface area contributed by atoms with E-state index in [1.54, 1.807) is 27.7 Å². The van der Waals surface area contributed by atoms with E-state index in [1.807, 2.05) is 0 Å². The summed E-state index contributed by atoms with van der Waals surface area (Å²) in [6.07, 6.45) is -1.67. The lowest BCUT2D eigenvalue weighted by Crippen LogP contribution is -2.57. The SMILES string of the molecule is CC1(C)OC[C@@H](OS(C)(=O)=O)[C@H]([C@@H]2OC(C)(C)O[C@@H]2COS(C)(=O)=O)O1. The van der Waals surface area contributed by atoms with Crippen LogP contribution in [0.2, 0.25) is 0 Å². The summed E-state index contributed by atoms with van der Waals surface area (Å²) in [6.45, 7) is 6.28. The minimum atomic E-state index is -3.79. The summed E-state index contributed by atoms with van der Waals surface area (Å²) < 4.78 is 78.6. The van der Waals surface area contributed by atoms with E-state index in [1.165, 1.54) is 0 Å². The van der Waals surface area contributed by atoms with Gasteiger partial charge in [0.05, 0.1) is 25.7 Å². The molecule has 0 N–H and O–H groups in total. The van der Waals surface area contributed by atoms with Gasteiger partial charge in [-0.2, -0.15) is 16.8 Å². The normalized spacial score (nSPS) is 34.7. The van der Waals surface area contributed by atoms with Gasteiger partial charge in [-0.3, -0.25) is 8.37 Å². The first-order valence-electron chi connectivity index (χ1n) is 7.97. The first-order chi connectivity index (χ1) is 11.6. The highest BCUT2D eigenvalue weighted by Crippen LogP contribution is 2.37. The van der Waals surface area contributed by atoms with E-state index in [0.717, 1.165) is 12.5 Å². The molecule has 0 aromatic rings. The van der Waals surface area contributed by atoms with Crippen LogP contribution in [0.4, 0.5) is 0 Å². The van der Waals surface area contributed by atoms with E-state index in [9.17, 15) is 16.8 Å². The second-order valence-corrected chi connectivity index (χ2v) is 10.5. The Balaban J connectivity index is 2.27. The molecule has 0 unspecified atom stereocenters. The minimum Gasteiger partial charge on any atom is -0.348 e. The van der Waals surface area contributed by atoms with Crippen molar-refractivity contribution < 1.29 is 44.1 Å². The van der Waals surface area contributed by atoms with E-state index in [0.29, 0.717) is 0 Å². The summed E-state index contributed by atoms with van der Waals surface area (Å²) in [6, 6.07) is 0. The molecule has 2 aliphatic heterocycles. The summed E-state index contributed by atoms with van der Waals surface area (Å²) in [5.74, 6) is -2.06. The van der Waals surface area contributed by atoms with Gasteiger partial charge in [-0.25, -0.2) is 0 Å². The highest BCUT2D eigenvalue weighted by Gasteiger charge is 2.52. The summed E-state index contributed by atoms with van der Waals surface area (Å²) >= 11 is 0. The van der Waals surface area contributed by atoms with E-state index in [2.05, 4.69) is 0 Å². The highest BCUT2D eigenvalue weighted by atomic mass is 32.2. The van der Waals surface area contributed by atoms with Crippen molar-refractivity contribution in [3.63, 3.8) is 0 Å². The molecule has 2 fully saturated rings. The molecule has 26 heavy (non-hydrogen) atoms. The van der Waals surface area contributed by atoms with Crippen molar-refractivity contribution in [3.05, 3.63) is 0 Å². The molecule has 10 nitrogen and oxygen atoms in total. The second kappa shape index (κ2) is 7.24. The van der Waals surface area contributed by atoms with E-state index in [-0.39, 0.29) is 13.2 Å². The van der Waals surface area contributed by atoms with Crippen LogP contribution < -0.4 is 0 Å². The van der Waals surface area contributed by atoms with Crippen LogP contribution in [-0.4, -0.2) is 78.6 Å². The molecule has 0 aromatic heterocycles. The third-order valence-electron chi connectivity index (χ3n) is 3.67. The van der Waals surface area contributed by atoms with Gasteiger partial charge in [0.25, 0.3) is 20.2 Å². The maximum absolute atomic E-state index is 11.6. The molecule has 0 aromatic carbocycles. The number of rotatable bonds is 6. The van der Waals surface area contributed by atoms with Crippen LogP contribution in [0.15, 0.2) is 0 Å². The first-order valence-corrected chi connectivity index (χ1v) is 11.6. The Hall–Kier alpha value is -0.340. The van der Waals surface area contributed by atoms with Gasteiger partial charge in [-0.1, -0.05) is 0 Å². The molecule has 12 heteroatoms. The van der Waals surface area contributed by atoms with E-state index >= 15 is 0 Å². The predicted molar refractivity (Wildman–Crippen MR) is 89.2 cm³/mol. The van der Waals surface area contributed by atoms with Crippen molar-refractivity contribution in [2.24, 2.45) is 0 Å². The van der Waals surface area contributed by atoms with Gasteiger partial charge < -0.3 is 18.9 Å². The molecule has 0 bridgehead atoms. The Morgan fingerprint density at radius 3 is 2.00 bits per heavy atom. The topological polar surface area (TPSA) is 124 Å². The van der Waals surface area contributed by atoms with Crippen molar-refractivity contribution in [1.29, 1.82) is 0 Å². The molecular weight excluding hydrogens is 392 g/mol. The van der Waals surface area contributed by atoms with Crippen LogP contribution in [0.3, 0.4) is 0 Å². The van der Waals surface area contributed by atoms with Gasteiger partial charge in [0, 0.05) is 0 Å². The van der Waals surface area contributed by atoms with Crippen molar-refractivity contribution in [2.45, 2.75) is 63.7 Å². The molecule has 2 aliphatic rings. The summed E-state index contributed by atoms with van der Waals surface area (Å²) in [7, 11) is -7.49. The Labute approximate surface area is 154 Å². The quantitative estimate of drug-likeness (QED) is 0.544. The molecular formula is C14H26O10S2. The molecule has 0 saturated carbocycles. The fourth-order valence-corrected chi connectivity index (χ4v) is 3.86. The maximum Gasteiger partial charge on any atom is 0.264 e. The zero-order valence-corrected chi connectivity index (χ0v) is 17.3. The van der Waals surface area contributed by atoms with Gasteiger partial charge >= 0.3 is 0 Å². The molecule has 0 amide bonds. The summed E-state index contributed by atoms with van der Waals surface area (Å²) in [5, 5.41) is 0. The molecule has 2 saturated heterocycles. The van der Waals surface area contributed by atoms with Crippen LogP contribution in [0, 0.1) is 0 Å². The van der Waals surface area contributed by atoms with Gasteiger partial charge in [0.15, 0.2) is 11.6 Å². The average molecular weight is 418 g/mol. The predicted octanol–water partition coefficient (Wildman–Crippen LogP) is -0.0210. The van der Waals surface area contributed by atoms with Gasteiger partial charge in [-0.15, -0.1) is 0 Å². The summed E-state index contributed by atoms with van der Waals surface area (Å²) in [5.41, 5.74) is 0. The molecule has 2 heterocycles. The zero-order chi connectivity index (χ0) is 20.0. The third-order valence-corrected chi connectivity index (χ3v) is 4.83. The molecule has 0 radical (unpaired) electrons. The van der Waals surface area contributed by atoms with Gasteiger partial charge in [0.2, 0.25) is 0 Å². The van der Waals surface area contributed by atoms with Crippen molar-refractivity contribution in [3.8, 4) is 0 Å². The molecule has 4 atom stereocenters. The van der Waals surface area contributed by atoms with Crippen LogP contribution in [0.1, 0.15) is 27.7 Å². The van der Waals surface area contributed by atoms with E-state index < -0.39 is 56.2 Å². The number of hydrogen-bond acceptors (Lipinski definition) is 10. The van der Waals surface area contributed by atoms with Crippen molar-refractivity contribution >= 4 is 20.2 Å². The zero-order valence-electron chi connectivity index (χ0n) is 15.6. The lowest BCUT2D eigenvalue weighted by molar-refractivity contribution is -0.318. The molecule has 154 valence electrons. The maximum atomic E-state index is 11.6. The van der Waals surface area contributed by atoms with Crippen molar-refractivity contribution in [2.75, 3.05) is 25.7 Å². The molecule has 0 aliphatic carbocycles. The fourth-order valence-electron chi connectivity index (χ4n) is 2.86. The van der Waals surface area contributed by atoms with E-state index in [4.69, 9.17) is 27.3 Å². The monoisotopic (exact) mass is 418 g/mol. The Bertz CT molecular complexity index is 712. The Kier molecular flexibility index (Phi) is 6.12.